The van der Waals surface area contributed by atoms with Crippen LogP contribution in [0.3, 0.4) is 0 Å². The number of ether oxygens (including phenoxy) is 1. The Kier molecular flexibility index (Phi) is 4.65. The summed E-state index contributed by atoms with van der Waals surface area (Å²) in [6.07, 6.45) is 1.08. The minimum absolute atomic E-state index is 0.163. The van der Waals surface area contributed by atoms with Crippen LogP contribution in [0.15, 0.2) is 18.3 Å². The first kappa shape index (κ1) is 12.4. The maximum absolute atomic E-state index is 11.0. The van der Waals surface area contributed by atoms with E-state index in [9.17, 15) is 4.79 Å². The predicted octanol–water partition coefficient (Wildman–Crippen LogP) is 1.83. The van der Waals surface area contributed by atoms with Crippen LogP contribution in [0.5, 0.6) is 0 Å². The summed E-state index contributed by atoms with van der Waals surface area (Å²) in [6, 6.07) is 3.69. The third-order valence-corrected chi connectivity index (χ3v) is 1.85. The van der Waals surface area contributed by atoms with E-state index in [1.807, 2.05) is 19.1 Å². The van der Waals surface area contributed by atoms with Crippen molar-refractivity contribution in [2.24, 2.45) is 0 Å². The molecule has 0 radical (unpaired) electrons. The Balaban J connectivity index is 2.48. The second kappa shape index (κ2) is 6.02. The Morgan fingerprint density at radius 1 is 1.62 bits per heavy atom. The Hall–Kier alpha value is -1.69. The number of carbonyl (C=O) groups excluding carboxylic acids is 1. The first-order valence-corrected chi connectivity index (χ1v) is 5.20. The van der Waals surface area contributed by atoms with Gasteiger partial charge in [-0.25, -0.2) is 9.78 Å². The topological polar surface area (TPSA) is 63.2 Å². The van der Waals surface area contributed by atoms with Crippen molar-refractivity contribution in [2.75, 3.05) is 11.9 Å². The minimum atomic E-state index is -0.576. The molecule has 0 fully saturated rings. The SMILES string of the molecule is CCOC(=O)NC(=S)Nc1cc(C)ccn1. The van der Waals surface area contributed by atoms with Crippen molar-refractivity contribution in [3.05, 3.63) is 23.9 Å². The molecular weight excluding hydrogens is 226 g/mol. The monoisotopic (exact) mass is 239 g/mol. The molecule has 1 rings (SSSR count). The number of amides is 1. The molecule has 1 aromatic rings. The maximum atomic E-state index is 11.0. The van der Waals surface area contributed by atoms with Crippen molar-refractivity contribution in [1.82, 2.24) is 10.3 Å². The van der Waals surface area contributed by atoms with Gasteiger partial charge in [-0.05, 0) is 43.8 Å². The van der Waals surface area contributed by atoms with Gasteiger partial charge in [0.25, 0.3) is 0 Å². The fourth-order valence-electron chi connectivity index (χ4n) is 1.01. The van der Waals surface area contributed by atoms with E-state index < -0.39 is 6.09 Å². The Morgan fingerprint density at radius 2 is 2.38 bits per heavy atom. The molecule has 1 aromatic heterocycles. The highest BCUT2D eigenvalue weighted by Crippen LogP contribution is 2.04. The van der Waals surface area contributed by atoms with Gasteiger partial charge in [-0.2, -0.15) is 0 Å². The van der Waals surface area contributed by atoms with Gasteiger partial charge in [0.1, 0.15) is 5.82 Å². The standard InChI is InChI=1S/C10H13N3O2S/c1-3-15-10(14)13-9(16)12-8-6-7(2)4-5-11-8/h4-6H,3H2,1-2H3,(H2,11,12,13,14,16). The maximum Gasteiger partial charge on any atom is 0.413 e. The molecule has 2 N–H and O–H groups in total. The molecule has 0 aromatic carbocycles. The summed E-state index contributed by atoms with van der Waals surface area (Å²) in [6.45, 7) is 3.96. The third kappa shape index (κ3) is 4.22. The van der Waals surface area contributed by atoms with Gasteiger partial charge in [0.15, 0.2) is 5.11 Å². The number of carbonyl (C=O) groups is 1. The molecule has 6 heteroatoms. The number of thiocarbonyl (C=S) groups is 1. The van der Waals surface area contributed by atoms with Gasteiger partial charge in [0.2, 0.25) is 0 Å². The van der Waals surface area contributed by atoms with E-state index >= 15 is 0 Å². The van der Waals surface area contributed by atoms with Crippen LogP contribution in [0, 0.1) is 6.92 Å². The molecule has 16 heavy (non-hydrogen) atoms. The average molecular weight is 239 g/mol. The number of pyridine rings is 1. The first-order valence-electron chi connectivity index (χ1n) is 4.79. The average Bonchev–Trinajstić information content (AvgIpc) is 2.17. The molecule has 0 aliphatic heterocycles. The normalized spacial score (nSPS) is 9.38. The molecule has 1 amide bonds. The lowest BCUT2D eigenvalue weighted by Gasteiger charge is -2.08. The highest BCUT2D eigenvalue weighted by Gasteiger charge is 2.04. The Labute approximate surface area is 99.2 Å². The van der Waals surface area contributed by atoms with E-state index in [0.717, 1.165) is 5.56 Å². The van der Waals surface area contributed by atoms with Crippen molar-refractivity contribution in [3.8, 4) is 0 Å². The van der Waals surface area contributed by atoms with Crippen LogP contribution in [0.4, 0.5) is 10.6 Å². The van der Waals surface area contributed by atoms with Gasteiger partial charge in [0, 0.05) is 6.20 Å². The van der Waals surface area contributed by atoms with Crippen LogP contribution < -0.4 is 10.6 Å². The van der Waals surface area contributed by atoms with Crippen molar-refractivity contribution in [2.45, 2.75) is 13.8 Å². The molecule has 0 atom stereocenters. The van der Waals surface area contributed by atoms with Crippen LogP contribution in [0.1, 0.15) is 12.5 Å². The number of aromatic nitrogens is 1. The van der Waals surface area contributed by atoms with Crippen molar-refractivity contribution >= 4 is 29.2 Å². The van der Waals surface area contributed by atoms with Gasteiger partial charge >= 0.3 is 6.09 Å². The first-order chi connectivity index (χ1) is 7.61. The molecule has 0 unspecified atom stereocenters. The van der Waals surface area contributed by atoms with E-state index in [1.54, 1.807) is 13.1 Å². The lowest BCUT2D eigenvalue weighted by atomic mass is 10.3. The molecule has 0 aliphatic rings. The molecule has 1 heterocycles. The van der Waals surface area contributed by atoms with Crippen LogP contribution in [-0.4, -0.2) is 22.8 Å². The molecule has 5 nitrogen and oxygen atoms in total. The summed E-state index contributed by atoms with van der Waals surface area (Å²) in [5.74, 6) is 0.585. The van der Waals surface area contributed by atoms with Crippen LogP contribution in [-0.2, 0) is 4.74 Å². The second-order valence-electron chi connectivity index (χ2n) is 3.02. The molecule has 0 spiro atoms. The molecule has 0 aliphatic carbocycles. The fraction of sp³-hybridized carbons (Fsp3) is 0.300. The van der Waals surface area contributed by atoms with E-state index in [4.69, 9.17) is 12.2 Å². The highest BCUT2D eigenvalue weighted by atomic mass is 32.1. The van der Waals surface area contributed by atoms with Crippen molar-refractivity contribution in [1.29, 1.82) is 0 Å². The molecule has 86 valence electrons. The highest BCUT2D eigenvalue weighted by molar-refractivity contribution is 7.80. The molecular formula is C10H13N3O2S. The number of hydrogen-bond acceptors (Lipinski definition) is 4. The number of nitrogens with one attached hydrogen (secondary N) is 2. The number of nitrogens with zero attached hydrogens (tertiary/aromatic N) is 1. The minimum Gasteiger partial charge on any atom is -0.450 e. The Bertz CT molecular complexity index is 395. The van der Waals surface area contributed by atoms with Gasteiger partial charge in [-0.15, -0.1) is 0 Å². The molecule has 0 saturated carbocycles. The fourth-order valence-corrected chi connectivity index (χ4v) is 1.20. The van der Waals surface area contributed by atoms with E-state index in [0.29, 0.717) is 12.4 Å². The lowest BCUT2D eigenvalue weighted by molar-refractivity contribution is 0.158. The summed E-state index contributed by atoms with van der Waals surface area (Å²) in [5.41, 5.74) is 1.05. The van der Waals surface area contributed by atoms with E-state index in [-0.39, 0.29) is 5.11 Å². The van der Waals surface area contributed by atoms with Crippen molar-refractivity contribution < 1.29 is 9.53 Å². The number of aryl methyl sites for hydroxylation is 1. The summed E-state index contributed by atoms with van der Waals surface area (Å²) in [7, 11) is 0. The number of hydrogen-bond donors (Lipinski definition) is 2. The third-order valence-electron chi connectivity index (χ3n) is 1.65. The van der Waals surface area contributed by atoms with E-state index in [2.05, 4.69) is 20.4 Å². The quantitative estimate of drug-likeness (QED) is 0.771. The second-order valence-corrected chi connectivity index (χ2v) is 3.43. The van der Waals surface area contributed by atoms with Crippen LogP contribution in [0.2, 0.25) is 0 Å². The zero-order chi connectivity index (χ0) is 12.0. The Morgan fingerprint density at radius 3 is 3.00 bits per heavy atom. The lowest BCUT2D eigenvalue weighted by Crippen LogP contribution is -2.34. The van der Waals surface area contributed by atoms with Crippen LogP contribution in [0.25, 0.3) is 0 Å². The van der Waals surface area contributed by atoms with Gasteiger partial charge in [0.05, 0.1) is 6.61 Å². The smallest absolute Gasteiger partial charge is 0.413 e. The van der Waals surface area contributed by atoms with Gasteiger partial charge < -0.3 is 10.1 Å². The summed E-state index contributed by atoms with van der Waals surface area (Å²) in [4.78, 5) is 15.1. The van der Waals surface area contributed by atoms with Gasteiger partial charge in [-0.3, -0.25) is 5.32 Å². The zero-order valence-electron chi connectivity index (χ0n) is 9.11. The summed E-state index contributed by atoms with van der Waals surface area (Å²) in [5, 5.41) is 5.31. The van der Waals surface area contributed by atoms with Crippen molar-refractivity contribution in [3.63, 3.8) is 0 Å². The summed E-state index contributed by atoms with van der Waals surface area (Å²) < 4.78 is 4.68. The number of alkyl carbamates (subject to hydrolysis) is 1. The van der Waals surface area contributed by atoms with Crippen LogP contribution >= 0.6 is 12.2 Å². The number of anilines is 1. The van der Waals surface area contributed by atoms with Gasteiger partial charge in [-0.1, -0.05) is 0 Å². The van der Waals surface area contributed by atoms with E-state index in [1.165, 1.54) is 0 Å². The number of rotatable bonds is 2. The predicted molar refractivity (Wildman–Crippen MR) is 65.4 cm³/mol. The largest absolute Gasteiger partial charge is 0.450 e. The zero-order valence-corrected chi connectivity index (χ0v) is 9.93. The summed E-state index contributed by atoms with van der Waals surface area (Å²) >= 11 is 4.91. The molecule has 0 bridgehead atoms. The molecule has 0 saturated heterocycles.